The van der Waals surface area contributed by atoms with Crippen LogP contribution in [0.25, 0.3) is 6.08 Å². The van der Waals surface area contributed by atoms with Crippen LogP contribution in [0.2, 0.25) is 5.02 Å². The predicted molar refractivity (Wildman–Crippen MR) is 125 cm³/mol. The summed E-state index contributed by atoms with van der Waals surface area (Å²) < 4.78 is 11.9. The summed E-state index contributed by atoms with van der Waals surface area (Å²) in [6, 6.07) is 8.61. The van der Waals surface area contributed by atoms with Crippen molar-refractivity contribution in [3.05, 3.63) is 55.9 Å². The lowest BCUT2D eigenvalue weighted by Gasteiger charge is -2.15. The molecule has 1 fully saturated rings. The summed E-state index contributed by atoms with van der Waals surface area (Å²) in [7, 11) is 0. The van der Waals surface area contributed by atoms with Crippen molar-refractivity contribution in [2.75, 3.05) is 18.5 Å². The Kier molecular flexibility index (Phi) is 7.64. The highest BCUT2D eigenvalue weighted by atomic mass is 79.9. The molecule has 1 aliphatic heterocycles. The molecular formula is C21H18BrClN2O5S. The topological polar surface area (TPSA) is 93.7 Å². The van der Waals surface area contributed by atoms with Gasteiger partial charge in [0, 0.05) is 10.7 Å². The number of halogens is 2. The van der Waals surface area contributed by atoms with Gasteiger partial charge < -0.3 is 14.8 Å². The van der Waals surface area contributed by atoms with Gasteiger partial charge in [-0.25, -0.2) is 0 Å². The molecule has 162 valence electrons. The van der Waals surface area contributed by atoms with Gasteiger partial charge in [-0.05, 0) is 83.0 Å². The zero-order valence-electron chi connectivity index (χ0n) is 16.6. The van der Waals surface area contributed by atoms with Crippen LogP contribution in [0.15, 0.2) is 39.7 Å². The molecule has 0 atom stereocenters. The van der Waals surface area contributed by atoms with E-state index >= 15 is 0 Å². The maximum Gasteiger partial charge on any atom is 0.290 e. The SMILES string of the molecule is CCOc1cc(/C=C2\SC(=O)NC2=O)cc(Br)c1OCC(=O)Nc1ccc(C)c(Cl)c1. The molecule has 0 radical (unpaired) electrons. The normalized spacial score (nSPS) is 14.5. The first kappa shape index (κ1) is 23.2. The highest BCUT2D eigenvalue weighted by Gasteiger charge is 2.25. The molecule has 2 N–H and O–H groups in total. The van der Waals surface area contributed by atoms with E-state index in [1.807, 2.05) is 19.9 Å². The minimum atomic E-state index is -0.447. The fraction of sp³-hybridized carbons (Fsp3) is 0.190. The van der Waals surface area contributed by atoms with E-state index in [0.717, 1.165) is 17.3 Å². The van der Waals surface area contributed by atoms with Crippen molar-refractivity contribution in [1.82, 2.24) is 5.32 Å². The zero-order valence-corrected chi connectivity index (χ0v) is 19.7. The average molecular weight is 526 g/mol. The van der Waals surface area contributed by atoms with E-state index < -0.39 is 11.1 Å². The fourth-order valence-corrected chi connectivity index (χ4v) is 4.09. The number of rotatable bonds is 7. The Morgan fingerprint density at radius 2 is 2.03 bits per heavy atom. The molecule has 7 nitrogen and oxygen atoms in total. The molecule has 2 aromatic rings. The number of benzene rings is 2. The number of amides is 3. The largest absolute Gasteiger partial charge is 0.490 e. The summed E-state index contributed by atoms with van der Waals surface area (Å²) in [4.78, 5) is 35.7. The highest BCUT2D eigenvalue weighted by molar-refractivity contribution is 9.10. The van der Waals surface area contributed by atoms with Crippen LogP contribution in [0, 0.1) is 6.92 Å². The number of hydrogen-bond donors (Lipinski definition) is 2. The van der Waals surface area contributed by atoms with Crippen molar-refractivity contribution in [1.29, 1.82) is 0 Å². The number of nitrogens with one attached hydrogen (secondary N) is 2. The molecule has 0 bridgehead atoms. The average Bonchev–Trinajstić information content (AvgIpc) is 3.01. The summed E-state index contributed by atoms with van der Waals surface area (Å²) in [5.74, 6) is -0.0689. The number of ether oxygens (including phenoxy) is 2. The molecule has 1 heterocycles. The first-order valence-corrected chi connectivity index (χ1v) is 11.2. The Balaban J connectivity index is 1.75. The van der Waals surface area contributed by atoms with E-state index in [1.165, 1.54) is 0 Å². The van der Waals surface area contributed by atoms with Gasteiger partial charge in [0.25, 0.3) is 17.1 Å². The van der Waals surface area contributed by atoms with Crippen LogP contribution in [0.4, 0.5) is 10.5 Å². The van der Waals surface area contributed by atoms with Crippen LogP contribution in [0.1, 0.15) is 18.1 Å². The van der Waals surface area contributed by atoms with Crippen molar-refractivity contribution < 1.29 is 23.9 Å². The molecule has 2 aromatic carbocycles. The van der Waals surface area contributed by atoms with E-state index in [2.05, 4.69) is 26.6 Å². The molecule has 1 aliphatic rings. The maximum absolute atomic E-state index is 12.3. The van der Waals surface area contributed by atoms with Gasteiger partial charge in [-0.3, -0.25) is 19.7 Å². The number of carbonyl (C=O) groups excluding carboxylic acids is 3. The smallest absolute Gasteiger partial charge is 0.290 e. The van der Waals surface area contributed by atoms with Crippen molar-refractivity contribution in [2.45, 2.75) is 13.8 Å². The number of imide groups is 1. The monoisotopic (exact) mass is 524 g/mol. The first-order chi connectivity index (χ1) is 14.8. The highest BCUT2D eigenvalue weighted by Crippen LogP contribution is 2.38. The van der Waals surface area contributed by atoms with Gasteiger partial charge in [-0.1, -0.05) is 17.7 Å². The van der Waals surface area contributed by atoms with Gasteiger partial charge in [0.2, 0.25) is 0 Å². The second kappa shape index (κ2) is 10.2. The van der Waals surface area contributed by atoms with Crippen molar-refractivity contribution in [3.63, 3.8) is 0 Å². The van der Waals surface area contributed by atoms with Crippen LogP contribution in [-0.4, -0.2) is 30.3 Å². The lowest BCUT2D eigenvalue weighted by Crippen LogP contribution is -2.20. The molecule has 1 saturated heterocycles. The van der Waals surface area contributed by atoms with Gasteiger partial charge >= 0.3 is 0 Å². The van der Waals surface area contributed by atoms with Gasteiger partial charge in [-0.15, -0.1) is 0 Å². The van der Waals surface area contributed by atoms with Crippen molar-refractivity contribution in [2.24, 2.45) is 0 Å². The maximum atomic E-state index is 12.3. The van der Waals surface area contributed by atoms with E-state index in [-0.39, 0.29) is 17.4 Å². The summed E-state index contributed by atoms with van der Waals surface area (Å²) in [5.41, 5.74) is 2.11. The standard InChI is InChI=1S/C21H18BrClN2O5S/c1-3-29-16-7-12(8-17-20(27)25-21(28)31-17)6-14(22)19(16)30-10-18(26)24-13-5-4-11(2)15(23)9-13/h4-9H,3,10H2,1-2H3,(H,24,26)(H,25,27,28)/b17-8-. The van der Waals surface area contributed by atoms with Gasteiger partial charge in [0.1, 0.15) is 0 Å². The lowest BCUT2D eigenvalue weighted by molar-refractivity contribution is -0.118. The van der Waals surface area contributed by atoms with E-state index in [9.17, 15) is 14.4 Å². The number of anilines is 1. The van der Waals surface area contributed by atoms with Gasteiger partial charge in [-0.2, -0.15) is 0 Å². The van der Waals surface area contributed by atoms with E-state index in [0.29, 0.717) is 38.9 Å². The van der Waals surface area contributed by atoms with E-state index in [4.69, 9.17) is 21.1 Å². The molecule has 3 amide bonds. The first-order valence-electron chi connectivity index (χ1n) is 9.16. The molecule has 0 unspecified atom stereocenters. The third-order valence-corrected chi connectivity index (χ3v) is 5.88. The molecule has 0 aliphatic carbocycles. The zero-order chi connectivity index (χ0) is 22.5. The number of carbonyl (C=O) groups is 3. The number of aryl methyl sites for hydroxylation is 1. The summed E-state index contributed by atoms with van der Waals surface area (Å²) in [6.07, 6.45) is 1.58. The lowest BCUT2D eigenvalue weighted by atomic mass is 10.2. The Hall–Kier alpha value is -2.49. The molecule has 3 rings (SSSR count). The third-order valence-electron chi connectivity index (χ3n) is 4.07. The summed E-state index contributed by atoms with van der Waals surface area (Å²) in [5, 5.41) is 5.08. The van der Waals surface area contributed by atoms with Crippen molar-refractivity contribution in [3.8, 4) is 11.5 Å². The van der Waals surface area contributed by atoms with Crippen LogP contribution in [-0.2, 0) is 9.59 Å². The van der Waals surface area contributed by atoms with Gasteiger partial charge in [0.15, 0.2) is 18.1 Å². The Morgan fingerprint density at radius 3 is 2.68 bits per heavy atom. The molecule has 0 saturated carbocycles. The second-order valence-electron chi connectivity index (χ2n) is 6.42. The number of hydrogen-bond acceptors (Lipinski definition) is 6. The van der Waals surface area contributed by atoms with Crippen LogP contribution in [0.5, 0.6) is 11.5 Å². The Bertz CT molecular complexity index is 1090. The molecule has 31 heavy (non-hydrogen) atoms. The fourth-order valence-electron chi connectivity index (χ4n) is 2.65. The second-order valence-corrected chi connectivity index (χ2v) is 8.69. The number of thioether (sulfide) groups is 1. The van der Waals surface area contributed by atoms with Crippen LogP contribution in [0.3, 0.4) is 0 Å². The van der Waals surface area contributed by atoms with Crippen molar-refractivity contribution >= 4 is 68.1 Å². The van der Waals surface area contributed by atoms with Crippen LogP contribution >= 0.6 is 39.3 Å². The summed E-state index contributed by atoms with van der Waals surface area (Å²) in [6.45, 7) is 3.80. The Labute approximate surface area is 196 Å². The summed E-state index contributed by atoms with van der Waals surface area (Å²) >= 11 is 10.3. The minimum Gasteiger partial charge on any atom is -0.490 e. The molecule has 10 heteroatoms. The van der Waals surface area contributed by atoms with E-state index in [1.54, 1.807) is 30.3 Å². The molecular weight excluding hydrogens is 508 g/mol. The predicted octanol–water partition coefficient (Wildman–Crippen LogP) is 5.15. The Morgan fingerprint density at radius 1 is 1.26 bits per heavy atom. The van der Waals surface area contributed by atoms with Crippen LogP contribution < -0.4 is 20.1 Å². The molecule has 0 aromatic heterocycles. The third kappa shape index (κ3) is 6.03. The molecule has 0 spiro atoms. The quantitative estimate of drug-likeness (QED) is 0.486. The van der Waals surface area contributed by atoms with Gasteiger partial charge in [0.05, 0.1) is 16.0 Å². The minimum absolute atomic E-state index is 0.253.